The molecular weight excluding hydrogens is 348 g/mol. The first-order chi connectivity index (χ1) is 13.5. The fraction of sp³-hybridized carbons (Fsp3) is 0.391. The van der Waals surface area contributed by atoms with Gasteiger partial charge in [-0.15, -0.1) is 0 Å². The molecule has 0 atom stereocenters. The zero-order valence-electron chi connectivity index (χ0n) is 17.1. The largest absolute Gasteiger partial charge is 0.497 e. The number of rotatable bonds is 4. The lowest BCUT2D eigenvalue weighted by Gasteiger charge is -2.31. The first-order valence-electron chi connectivity index (χ1n) is 9.91. The number of hydrogen-bond acceptors (Lipinski definition) is 4. The van der Waals surface area contributed by atoms with Crippen LogP contribution in [0, 0.1) is 13.8 Å². The predicted octanol–water partition coefficient (Wildman–Crippen LogP) is 4.49. The summed E-state index contributed by atoms with van der Waals surface area (Å²) in [4.78, 5) is 11.6. The van der Waals surface area contributed by atoms with Crippen LogP contribution in [0.25, 0.3) is 23.2 Å². The van der Waals surface area contributed by atoms with Gasteiger partial charge in [0.1, 0.15) is 5.75 Å². The SMILES string of the molecule is COc1ccc2ncc(/C=C/c3cc(C)n(C4CCN(C)CC4)c3C)nc2c1. The molecule has 1 saturated heterocycles. The van der Waals surface area contributed by atoms with Gasteiger partial charge in [0.25, 0.3) is 0 Å². The molecule has 2 aromatic heterocycles. The smallest absolute Gasteiger partial charge is 0.121 e. The molecule has 28 heavy (non-hydrogen) atoms. The Labute approximate surface area is 166 Å². The third-order valence-electron chi connectivity index (χ3n) is 5.78. The maximum absolute atomic E-state index is 5.30. The van der Waals surface area contributed by atoms with E-state index in [0.717, 1.165) is 22.5 Å². The van der Waals surface area contributed by atoms with E-state index in [1.807, 2.05) is 30.5 Å². The first kappa shape index (κ1) is 18.7. The van der Waals surface area contributed by atoms with Gasteiger partial charge in [-0.05, 0) is 76.7 Å². The van der Waals surface area contributed by atoms with Crippen molar-refractivity contribution in [1.82, 2.24) is 19.4 Å². The normalized spacial score (nSPS) is 16.3. The fourth-order valence-electron chi connectivity index (χ4n) is 4.17. The van der Waals surface area contributed by atoms with E-state index in [4.69, 9.17) is 9.72 Å². The Kier molecular flexibility index (Phi) is 5.18. The van der Waals surface area contributed by atoms with E-state index < -0.39 is 0 Å². The van der Waals surface area contributed by atoms with E-state index in [1.165, 1.54) is 42.9 Å². The van der Waals surface area contributed by atoms with Gasteiger partial charge in [-0.1, -0.05) is 6.08 Å². The average Bonchev–Trinajstić information content (AvgIpc) is 2.99. The Bertz CT molecular complexity index is 1010. The molecule has 1 fully saturated rings. The number of methoxy groups -OCH3 is 1. The number of nitrogens with zero attached hydrogens (tertiary/aromatic N) is 4. The fourth-order valence-corrected chi connectivity index (χ4v) is 4.17. The quantitative estimate of drug-likeness (QED) is 0.673. The topological polar surface area (TPSA) is 43.2 Å². The summed E-state index contributed by atoms with van der Waals surface area (Å²) in [7, 11) is 3.87. The molecule has 3 aromatic rings. The van der Waals surface area contributed by atoms with Crippen LogP contribution in [0.1, 0.15) is 41.5 Å². The van der Waals surface area contributed by atoms with Crippen molar-refractivity contribution in [1.29, 1.82) is 0 Å². The third kappa shape index (κ3) is 3.67. The number of hydrogen-bond donors (Lipinski definition) is 0. The number of fused-ring (bicyclic) bond motifs is 1. The molecule has 4 rings (SSSR count). The Morgan fingerprint density at radius 1 is 1.07 bits per heavy atom. The molecule has 5 nitrogen and oxygen atoms in total. The molecule has 3 heterocycles. The Hall–Kier alpha value is -2.66. The van der Waals surface area contributed by atoms with E-state index in [-0.39, 0.29) is 0 Å². The molecule has 0 unspecified atom stereocenters. The summed E-state index contributed by atoms with van der Waals surface area (Å²) in [5.41, 5.74) is 6.49. The first-order valence-corrected chi connectivity index (χ1v) is 9.91. The number of piperidine rings is 1. The molecule has 5 heteroatoms. The number of aryl methyl sites for hydroxylation is 1. The van der Waals surface area contributed by atoms with Crippen LogP contribution in [0.5, 0.6) is 5.75 Å². The monoisotopic (exact) mass is 376 g/mol. The van der Waals surface area contributed by atoms with Crippen LogP contribution in [-0.2, 0) is 0 Å². The predicted molar refractivity (Wildman–Crippen MR) is 115 cm³/mol. The van der Waals surface area contributed by atoms with Crippen LogP contribution in [0.15, 0.2) is 30.5 Å². The molecular formula is C23H28N4O. The molecule has 1 aromatic carbocycles. The zero-order chi connectivity index (χ0) is 19.7. The molecule has 0 spiro atoms. The van der Waals surface area contributed by atoms with Crippen LogP contribution < -0.4 is 4.74 Å². The van der Waals surface area contributed by atoms with Gasteiger partial charge in [0.15, 0.2) is 0 Å². The molecule has 0 N–H and O–H groups in total. The number of aromatic nitrogens is 3. The van der Waals surface area contributed by atoms with Gasteiger partial charge < -0.3 is 14.2 Å². The molecule has 0 bridgehead atoms. The highest BCUT2D eigenvalue weighted by molar-refractivity contribution is 5.78. The van der Waals surface area contributed by atoms with Crippen LogP contribution in [0.2, 0.25) is 0 Å². The Morgan fingerprint density at radius 3 is 2.61 bits per heavy atom. The maximum atomic E-state index is 5.30. The van der Waals surface area contributed by atoms with Gasteiger partial charge in [-0.2, -0.15) is 0 Å². The molecule has 0 amide bonds. The minimum Gasteiger partial charge on any atom is -0.497 e. The second-order valence-electron chi connectivity index (χ2n) is 7.71. The van der Waals surface area contributed by atoms with Gasteiger partial charge >= 0.3 is 0 Å². The van der Waals surface area contributed by atoms with Crippen LogP contribution in [0.4, 0.5) is 0 Å². The molecule has 1 aliphatic heterocycles. The Balaban J connectivity index is 1.59. The van der Waals surface area contributed by atoms with Crippen molar-refractivity contribution in [2.75, 3.05) is 27.2 Å². The van der Waals surface area contributed by atoms with E-state index in [9.17, 15) is 0 Å². The lowest BCUT2D eigenvalue weighted by molar-refractivity contribution is 0.218. The van der Waals surface area contributed by atoms with Gasteiger partial charge in [0.2, 0.25) is 0 Å². The van der Waals surface area contributed by atoms with E-state index >= 15 is 0 Å². The van der Waals surface area contributed by atoms with Crippen molar-refractivity contribution in [3.05, 3.63) is 53.1 Å². The van der Waals surface area contributed by atoms with Crippen molar-refractivity contribution in [3.8, 4) is 5.75 Å². The summed E-state index contributed by atoms with van der Waals surface area (Å²) < 4.78 is 7.81. The minimum absolute atomic E-state index is 0.603. The summed E-state index contributed by atoms with van der Waals surface area (Å²) in [6, 6.07) is 8.65. The Morgan fingerprint density at radius 2 is 1.86 bits per heavy atom. The standard InChI is InChI=1S/C23H28N4O/c1-16-13-18(17(2)27(16)20-9-11-26(3)12-10-20)5-6-19-15-24-22-8-7-21(28-4)14-23(22)25-19/h5-8,13-15,20H,9-12H2,1-4H3/b6-5+. The van der Waals surface area contributed by atoms with Gasteiger partial charge in [-0.25, -0.2) is 4.98 Å². The van der Waals surface area contributed by atoms with E-state index in [1.54, 1.807) is 7.11 Å². The molecule has 146 valence electrons. The minimum atomic E-state index is 0.603. The molecule has 1 aliphatic rings. The second-order valence-corrected chi connectivity index (χ2v) is 7.71. The highest BCUT2D eigenvalue weighted by Gasteiger charge is 2.21. The van der Waals surface area contributed by atoms with Gasteiger partial charge in [0, 0.05) is 23.5 Å². The van der Waals surface area contributed by atoms with Crippen molar-refractivity contribution in [2.24, 2.45) is 0 Å². The van der Waals surface area contributed by atoms with Crippen LogP contribution in [-0.4, -0.2) is 46.7 Å². The van der Waals surface area contributed by atoms with Gasteiger partial charge in [0.05, 0.1) is 30.0 Å². The van der Waals surface area contributed by atoms with Crippen molar-refractivity contribution < 1.29 is 4.74 Å². The number of likely N-dealkylation sites (tertiary alicyclic amines) is 1. The van der Waals surface area contributed by atoms with E-state index in [0.29, 0.717) is 6.04 Å². The lowest BCUT2D eigenvalue weighted by Crippen LogP contribution is -2.32. The summed E-state index contributed by atoms with van der Waals surface area (Å²) in [5, 5.41) is 0. The molecule has 0 radical (unpaired) electrons. The number of ether oxygens (including phenoxy) is 1. The van der Waals surface area contributed by atoms with Crippen molar-refractivity contribution >= 4 is 23.2 Å². The lowest BCUT2D eigenvalue weighted by atomic mass is 10.0. The highest BCUT2D eigenvalue weighted by atomic mass is 16.5. The zero-order valence-corrected chi connectivity index (χ0v) is 17.1. The van der Waals surface area contributed by atoms with Crippen molar-refractivity contribution in [2.45, 2.75) is 32.7 Å². The molecule has 0 aliphatic carbocycles. The maximum Gasteiger partial charge on any atom is 0.121 e. The van der Waals surface area contributed by atoms with E-state index in [2.05, 4.69) is 47.5 Å². The van der Waals surface area contributed by atoms with Crippen LogP contribution in [0.3, 0.4) is 0 Å². The summed E-state index contributed by atoms with van der Waals surface area (Å²) in [6.07, 6.45) is 8.46. The second kappa shape index (κ2) is 7.76. The highest BCUT2D eigenvalue weighted by Crippen LogP contribution is 2.29. The summed E-state index contributed by atoms with van der Waals surface area (Å²) >= 11 is 0. The average molecular weight is 377 g/mol. The summed E-state index contributed by atoms with van der Waals surface area (Å²) in [5.74, 6) is 0.796. The van der Waals surface area contributed by atoms with Crippen molar-refractivity contribution in [3.63, 3.8) is 0 Å². The third-order valence-corrected chi connectivity index (χ3v) is 5.78. The van der Waals surface area contributed by atoms with Gasteiger partial charge in [-0.3, -0.25) is 4.98 Å². The van der Waals surface area contributed by atoms with Crippen LogP contribution >= 0.6 is 0 Å². The summed E-state index contributed by atoms with van der Waals surface area (Å²) in [6.45, 7) is 6.78. The molecule has 0 saturated carbocycles. The number of benzene rings is 1.